The number of aliphatic imine (C=N–C) groups is 1. The Morgan fingerprint density at radius 1 is 1.42 bits per heavy atom. The van der Waals surface area contributed by atoms with Gasteiger partial charge in [-0.2, -0.15) is 0 Å². The molecular weight excluding hydrogens is 353 g/mol. The smallest absolute Gasteiger partial charge is 0.193 e. The van der Waals surface area contributed by atoms with Crippen LogP contribution in [0.15, 0.2) is 41.9 Å². The first-order valence-electron chi connectivity index (χ1n) is 5.88. The number of hydrogen-bond acceptors (Lipinski definition) is 2. The van der Waals surface area contributed by atoms with Gasteiger partial charge in [-0.1, -0.05) is 30.9 Å². The van der Waals surface area contributed by atoms with Crippen molar-refractivity contribution in [3.63, 3.8) is 0 Å². The molecule has 5 heteroatoms. The molecule has 0 radical (unpaired) electrons. The Labute approximate surface area is 132 Å². The van der Waals surface area contributed by atoms with E-state index in [4.69, 9.17) is 4.74 Å². The molecule has 0 heterocycles. The Hall–Kier alpha value is -1.24. The molecule has 1 rings (SSSR count). The molecule has 0 spiro atoms. The van der Waals surface area contributed by atoms with Crippen molar-refractivity contribution in [3.05, 3.63) is 42.5 Å². The van der Waals surface area contributed by atoms with E-state index in [0.717, 1.165) is 17.3 Å². The quantitative estimate of drug-likeness (QED) is 0.372. The highest BCUT2D eigenvalue weighted by Crippen LogP contribution is 2.17. The van der Waals surface area contributed by atoms with Crippen molar-refractivity contribution in [1.82, 2.24) is 10.2 Å². The molecule has 1 aromatic carbocycles. The third kappa shape index (κ3) is 5.96. The molecule has 19 heavy (non-hydrogen) atoms. The lowest BCUT2D eigenvalue weighted by Gasteiger charge is -2.18. The highest BCUT2D eigenvalue weighted by molar-refractivity contribution is 14.0. The summed E-state index contributed by atoms with van der Waals surface area (Å²) in [7, 11) is 5.67. The van der Waals surface area contributed by atoms with Gasteiger partial charge in [0.2, 0.25) is 0 Å². The van der Waals surface area contributed by atoms with Gasteiger partial charge >= 0.3 is 0 Å². The molecule has 0 amide bonds. The van der Waals surface area contributed by atoms with Crippen molar-refractivity contribution in [3.8, 4) is 5.75 Å². The van der Waals surface area contributed by atoms with Crippen molar-refractivity contribution in [2.24, 2.45) is 4.99 Å². The number of nitrogens with zero attached hydrogens (tertiary/aromatic N) is 2. The zero-order valence-electron chi connectivity index (χ0n) is 11.7. The van der Waals surface area contributed by atoms with Gasteiger partial charge in [0.1, 0.15) is 12.4 Å². The molecule has 0 unspecified atom stereocenters. The first-order valence-corrected chi connectivity index (χ1v) is 5.88. The molecule has 106 valence electrons. The minimum absolute atomic E-state index is 0. The number of halogens is 1. The van der Waals surface area contributed by atoms with Crippen LogP contribution < -0.4 is 10.1 Å². The van der Waals surface area contributed by atoms with E-state index in [1.807, 2.05) is 43.3 Å². The van der Waals surface area contributed by atoms with Gasteiger partial charge < -0.3 is 15.0 Å². The second-order valence-electron chi connectivity index (χ2n) is 4.00. The number of nitrogens with one attached hydrogen (secondary N) is 1. The molecule has 0 bridgehead atoms. The Kier molecular flexibility index (Phi) is 9.03. The summed E-state index contributed by atoms with van der Waals surface area (Å²) in [5.74, 6) is 1.72. The van der Waals surface area contributed by atoms with Crippen LogP contribution in [0.1, 0.15) is 5.56 Å². The summed E-state index contributed by atoms with van der Waals surface area (Å²) in [4.78, 5) is 6.11. The molecule has 0 aliphatic heterocycles. The van der Waals surface area contributed by atoms with E-state index in [0.29, 0.717) is 13.2 Å². The van der Waals surface area contributed by atoms with E-state index in [1.165, 1.54) is 0 Å². The molecule has 0 aliphatic rings. The average molecular weight is 375 g/mol. The minimum Gasteiger partial charge on any atom is -0.489 e. The van der Waals surface area contributed by atoms with Gasteiger partial charge in [-0.25, -0.2) is 0 Å². The van der Waals surface area contributed by atoms with Crippen molar-refractivity contribution >= 4 is 29.9 Å². The Balaban J connectivity index is 0.00000324. The van der Waals surface area contributed by atoms with Crippen molar-refractivity contribution in [1.29, 1.82) is 0 Å². The third-order valence-corrected chi connectivity index (χ3v) is 2.40. The number of para-hydroxylation sites is 1. The second kappa shape index (κ2) is 9.66. The first kappa shape index (κ1) is 17.8. The summed E-state index contributed by atoms with van der Waals surface area (Å²) >= 11 is 0. The molecule has 0 aliphatic carbocycles. The van der Waals surface area contributed by atoms with Crippen LogP contribution in [0.3, 0.4) is 0 Å². The van der Waals surface area contributed by atoms with E-state index in [9.17, 15) is 0 Å². The Morgan fingerprint density at radius 2 is 2.11 bits per heavy atom. The third-order valence-electron chi connectivity index (χ3n) is 2.40. The van der Waals surface area contributed by atoms with Crippen LogP contribution in [0.5, 0.6) is 5.75 Å². The topological polar surface area (TPSA) is 36.9 Å². The van der Waals surface area contributed by atoms with E-state index in [2.05, 4.69) is 16.9 Å². The highest BCUT2D eigenvalue weighted by Gasteiger charge is 2.04. The zero-order valence-corrected chi connectivity index (χ0v) is 14.0. The SMILES string of the molecule is C=CCOc1ccccc1CNC(=NC)N(C)C.I. The predicted molar refractivity (Wildman–Crippen MR) is 91.4 cm³/mol. The maximum Gasteiger partial charge on any atom is 0.193 e. The fourth-order valence-corrected chi connectivity index (χ4v) is 1.55. The van der Waals surface area contributed by atoms with E-state index in [1.54, 1.807) is 13.1 Å². The maximum absolute atomic E-state index is 5.60. The number of ether oxygens (including phenoxy) is 1. The van der Waals surface area contributed by atoms with Crippen molar-refractivity contribution < 1.29 is 4.74 Å². The minimum atomic E-state index is 0. The van der Waals surface area contributed by atoms with Crippen molar-refractivity contribution in [2.45, 2.75) is 6.54 Å². The van der Waals surface area contributed by atoms with Crippen LogP contribution in [-0.4, -0.2) is 38.6 Å². The number of benzene rings is 1. The number of guanidine groups is 1. The lowest BCUT2D eigenvalue weighted by Crippen LogP contribution is -2.35. The van der Waals surface area contributed by atoms with Gasteiger partial charge in [0.05, 0.1) is 0 Å². The van der Waals surface area contributed by atoms with Gasteiger partial charge in [0.15, 0.2) is 5.96 Å². The summed E-state index contributed by atoms with van der Waals surface area (Å²) in [6, 6.07) is 7.95. The number of hydrogen-bond donors (Lipinski definition) is 1. The van der Waals surface area contributed by atoms with Gasteiger partial charge in [0, 0.05) is 33.3 Å². The molecule has 1 aromatic rings. The van der Waals surface area contributed by atoms with E-state index in [-0.39, 0.29) is 24.0 Å². The van der Waals surface area contributed by atoms with Gasteiger partial charge in [-0.05, 0) is 6.07 Å². The Bertz CT molecular complexity index is 419. The Morgan fingerprint density at radius 3 is 2.68 bits per heavy atom. The van der Waals surface area contributed by atoms with Gasteiger partial charge in [-0.15, -0.1) is 24.0 Å². The monoisotopic (exact) mass is 375 g/mol. The summed E-state index contributed by atoms with van der Waals surface area (Å²) < 4.78 is 5.60. The molecule has 0 fully saturated rings. The molecule has 0 saturated carbocycles. The summed E-state index contributed by atoms with van der Waals surface area (Å²) in [6.07, 6.45) is 1.74. The summed E-state index contributed by atoms with van der Waals surface area (Å²) in [6.45, 7) is 4.84. The molecule has 0 saturated heterocycles. The molecular formula is C14H22IN3O. The van der Waals surface area contributed by atoms with E-state index < -0.39 is 0 Å². The van der Waals surface area contributed by atoms with Crippen LogP contribution in [0.4, 0.5) is 0 Å². The fourth-order valence-electron chi connectivity index (χ4n) is 1.55. The summed E-state index contributed by atoms with van der Waals surface area (Å²) in [5, 5.41) is 3.27. The second-order valence-corrected chi connectivity index (χ2v) is 4.00. The molecule has 1 N–H and O–H groups in total. The summed E-state index contributed by atoms with van der Waals surface area (Å²) in [5.41, 5.74) is 1.10. The van der Waals surface area contributed by atoms with Gasteiger partial charge in [-0.3, -0.25) is 4.99 Å². The van der Waals surface area contributed by atoms with Crippen LogP contribution in [-0.2, 0) is 6.54 Å². The van der Waals surface area contributed by atoms with E-state index >= 15 is 0 Å². The number of rotatable bonds is 5. The lowest BCUT2D eigenvalue weighted by atomic mass is 10.2. The molecule has 0 aromatic heterocycles. The molecule has 4 nitrogen and oxygen atoms in total. The molecule has 0 atom stereocenters. The zero-order chi connectivity index (χ0) is 13.4. The average Bonchev–Trinajstić information content (AvgIpc) is 2.38. The normalized spacial score (nSPS) is 10.4. The lowest BCUT2D eigenvalue weighted by molar-refractivity contribution is 0.358. The predicted octanol–water partition coefficient (Wildman–Crippen LogP) is 2.51. The van der Waals surface area contributed by atoms with Crippen molar-refractivity contribution in [2.75, 3.05) is 27.7 Å². The van der Waals surface area contributed by atoms with Crippen LogP contribution in [0.2, 0.25) is 0 Å². The van der Waals surface area contributed by atoms with Gasteiger partial charge in [0.25, 0.3) is 0 Å². The highest BCUT2D eigenvalue weighted by atomic mass is 127. The largest absolute Gasteiger partial charge is 0.489 e. The standard InChI is InChI=1S/C14H21N3O.HI/c1-5-10-18-13-9-7-6-8-12(13)11-16-14(15-2)17(3)4;/h5-9H,1,10-11H2,2-4H3,(H,15,16);1H. The van der Waals surface area contributed by atoms with Crippen LogP contribution >= 0.6 is 24.0 Å². The van der Waals surface area contributed by atoms with Crippen LogP contribution in [0.25, 0.3) is 0 Å². The first-order chi connectivity index (χ1) is 8.69. The fraction of sp³-hybridized carbons (Fsp3) is 0.357. The maximum atomic E-state index is 5.60. The van der Waals surface area contributed by atoms with Crippen LogP contribution in [0, 0.1) is 0 Å².